The van der Waals surface area contributed by atoms with Crippen molar-refractivity contribution in [2.24, 2.45) is 4.40 Å². The van der Waals surface area contributed by atoms with Crippen LogP contribution < -0.4 is 5.11 Å². The van der Waals surface area contributed by atoms with Gasteiger partial charge in [0, 0.05) is 5.90 Å². The van der Waals surface area contributed by atoms with Crippen molar-refractivity contribution >= 4 is 38.6 Å². The van der Waals surface area contributed by atoms with Crippen molar-refractivity contribution in [1.82, 2.24) is 0 Å². The number of alkyl halides is 3. The standard InChI is InChI=1S/C22H16F3NO7S/c1-32-20(28)12-3-6-16(7-4-12)34(30,31)26-19(27)14-9-13-10-15(22(23,24)25)5-8-17(13)18(11-14)21(29)33-2/h3-11H,1-2H3,(H,26,27)/p-1. The van der Waals surface area contributed by atoms with Gasteiger partial charge in [-0.25, -0.2) is 9.59 Å². The van der Waals surface area contributed by atoms with Crippen LogP contribution >= 0.6 is 0 Å². The van der Waals surface area contributed by atoms with Gasteiger partial charge in [0.05, 0.1) is 35.8 Å². The highest BCUT2D eigenvalue weighted by molar-refractivity contribution is 7.90. The van der Waals surface area contributed by atoms with Crippen LogP contribution in [0.1, 0.15) is 31.8 Å². The van der Waals surface area contributed by atoms with E-state index in [1.165, 1.54) is 0 Å². The summed E-state index contributed by atoms with van der Waals surface area (Å²) in [5, 5.41) is 12.6. The Bertz CT molecular complexity index is 1410. The summed E-state index contributed by atoms with van der Waals surface area (Å²) < 4.78 is 76.8. The second-order valence-corrected chi connectivity index (χ2v) is 8.44. The van der Waals surface area contributed by atoms with Gasteiger partial charge in [-0.2, -0.15) is 26.0 Å². The molecule has 0 spiro atoms. The molecule has 0 aliphatic heterocycles. The molecule has 8 nitrogen and oxygen atoms in total. The third-order valence-electron chi connectivity index (χ3n) is 4.71. The van der Waals surface area contributed by atoms with Crippen molar-refractivity contribution in [3.8, 4) is 0 Å². The monoisotopic (exact) mass is 494 g/mol. The molecule has 0 heterocycles. The number of hydrogen-bond acceptors (Lipinski definition) is 7. The second kappa shape index (κ2) is 9.14. The van der Waals surface area contributed by atoms with E-state index < -0.39 is 50.1 Å². The maximum atomic E-state index is 13.1. The molecule has 12 heteroatoms. The van der Waals surface area contributed by atoms with E-state index in [0.29, 0.717) is 0 Å². The molecule has 0 N–H and O–H groups in total. The molecule has 0 aliphatic carbocycles. The van der Waals surface area contributed by atoms with Gasteiger partial charge in [0.2, 0.25) is 0 Å². The van der Waals surface area contributed by atoms with Crippen LogP contribution in [0, 0.1) is 0 Å². The van der Waals surface area contributed by atoms with E-state index >= 15 is 0 Å². The van der Waals surface area contributed by atoms with E-state index in [9.17, 15) is 36.3 Å². The van der Waals surface area contributed by atoms with Crippen LogP contribution in [0.25, 0.3) is 10.8 Å². The topological polar surface area (TPSA) is 122 Å². The molecule has 0 bridgehead atoms. The molecule has 0 fully saturated rings. The summed E-state index contributed by atoms with van der Waals surface area (Å²) in [5.41, 5.74) is -1.66. The normalized spacial score (nSPS) is 12.4. The molecule has 0 aromatic heterocycles. The predicted molar refractivity (Wildman–Crippen MR) is 112 cm³/mol. The molecule has 0 aliphatic rings. The number of methoxy groups -OCH3 is 2. The van der Waals surface area contributed by atoms with Gasteiger partial charge >= 0.3 is 18.1 Å². The Kier molecular flexibility index (Phi) is 6.64. The van der Waals surface area contributed by atoms with Gasteiger partial charge in [0.1, 0.15) is 0 Å². The first kappa shape index (κ1) is 24.7. The Hall–Kier alpha value is -3.93. The van der Waals surface area contributed by atoms with E-state index in [1.807, 2.05) is 0 Å². The first-order valence-corrected chi connectivity index (χ1v) is 10.8. The Labute approximate surface area is 191 Å². The van der Waals surface area contributed by atoms with E-state index in [0.717, 1.165) is 68.8 Å². The zero-order valence-corrected chi connectivity index (χ0v) is 18.4. The first-order chi connectivity index (χ1) is 15.9. The van der Waals surface area contributed by atoms with Gasteiger partial charge in [0.25, 0.3) is 10.0 Å². The largest absolute Gasteiger partial charge is 0.858 e. The average molecular weight is 494 g/mol. The lowest BCUT2D eigenvalue weighted by atomic mass is 9.98. The molecule has 0 saturated carbocycles. The Balaban J connectivity index is 2.12. The Morgan fingerprint density at radius 2 is 1.50 bits per heavy atom. The Morgan fingerprint density at radius 1 is 0.882 bits per heavy atom. The molecule has 0 amide bonds. The molecule has 0 atom stereocenters. The number of sulfonamides is 1. The summed E-state index contributed by atoms with van der Waals surface area (Å²) >= 11 is 0. The number of fused-ring (bicyclic) bond motifs is 1. The average Bonchev–Trinajstić information content (AvgIpc) is 2.81. The van der Waals surface area contributed by atoms with Gasteiger partial charge in [-0.15, -0.1) is 0 Å². The van der Waals surface area contributed by atoms with Crippen molar-refractivity contribution in [3.05, 3.63) is 76.9 Å². The molecule has 3 aromatic carbocycles. The number of hydrogen-bond donors (Lipinski definition) is 0. The van der Waals surface area contributed by atoms with Crippen LogP contribution in [-0.2, 0) is 25.7 Å². The Morgan fingerprint density at radius 3 is 2.06 bits per heavy atom. The predicted octanol–water partition coefficient (Wildman–Crippen LogP) is 2.93. The highest BCUT2D eigenvalue weighted by Crippen LogP contribution is 2.33. The van der Waals surface area contributed by atoms with Gasteiger partial charge in [0.15, 0.2) is 0 Å². The number of nitrogens with zero attached hydrogens (tertiary/aromatic N) is 1. The smallest absolute Gasteiger partial charge is 0.416 e. The molecule has 34 heavy (non-hydrogen) atoms. The van der Waals surface area contributed by atoms with E-state index in [-0.39, 0.29) is 21.9 Å². The van der Waals surface area contributed by atoms with Gasteiger partial charge in [-0.1, -0.05) is 6.07 Å². The molecule has 0 radical (unpaired) electrons. The van der Waals surface area contributed by atoms with Crippen molar-refractivity contribution in [2.45, 2.75) is 11.1 Å². The second-order valence-electron chi connectivity index (χ2n) is 6.84. The molecule has 0 unspecified atom stereocenters. The van der Waals surface area contributed by atoms with Crippen molar-refractivity contribution in [1.29, 1.82) is 0 Å². The number of benzene rings is 3. The lowest BCUT2D eigenvalue weighted by Crippen LogP contribution is -2.21. The molecule has 0 saturated heterocycles. The summed E-state index contributed by atoms with van der Waals surface area (Å²) in [6, 6.07) is 8.91. The highest BCUT2D eigenvalue weighted by Gasteiger charge is 2.30. The van der Waals surface area contributed by atoms with Crippen LogP contribution in [0.5, 0.6) is 0 Å². The number of esters is 2. The maximum absolute atomic E-state index is 13.1. The SMILES string of the molecule is COC(=O)c1ccc(S(=O)(=O)/N=C(\[O-])c2cc(C(=O)OC)c3ccc(C(F)(F)F)cc3c2)cc1. The minimum absolute atomic E-state index is 0.0606. The minimum Gasteiger partial charge on any atom is -0.858 e. The van der Waals surface area contributed by atoms with Crippen LogP contribution in [0.4, 0.5) is 13.2 Å². The van der Waals surface area contributed by atoms with Gasteiger partial charge in [-0.05, 0) is 64.9 Å². The van der Waals surface area contributed by atoms with E-state index in [4.69, 9.17) is 0 Å². The summed E-state index contributed by atoms with van der Waals surface area (Å²) in [5.74, 6) is -2.97. The maximum Gasteiger partial charge on any atom is 0.416 e. The molecular weight excluding hydrogens is 479 g/mol. The van der Waals surface area contributed by atoms with E-state index in [2.05, 4.69) is 13.9 Å². The zero-order valence-electron chi connectivity index (χ0n) is 17.5. The summed E-state index contributed by atoms with van der Waals surface area (Å²) in [4.78, 5) is 23.2. The van der Waals surface area contributed by atoms with Gasteiger partial charge < -0.3 is 14.6 Å². The van der Waals surface area contributed by atoms with Crippen LogP contribution in [-0.4, -0.2) is 40.5 Å². The fraction of sp³-hybridized carbons (Fsp3) is 0.136. The van der Waals surface area contributed by atoms with Crippen molar-refractivity contribution < 1.29 is 45.8 Å². The summed E-state index contributed by atoms with van der Waals surface area (Å²) in [6.45, 7) is 0. The number of carbonyl (C=O) groups excluding carboxylic acids is 2. The zero-order chi connectivity index (χ0) is 25.3. The number of halogens is 3. The molecule has 3 rings (SSSR count). The number of rotatable bonds is 5. The first-order valence-electron chi connectivity index (χ1n) is 9.31. The van der Waals surface area contributed by atoms with Crippen molar-refractivity contribution in [3.63, 3.8) is 0 Å². The minimum atomic E-state index is -4.69. The number of ether oxygens (including phenoxy) is 2. The fourth-order valence-electron chi connectivity index (χ4n) is 3.04. The molecule has 3 aromatic rings. The van der Waals surface area contributed by atoms with E-state index in [1.54, 1.807) is 0 Å². The molecule has 178 valence electrons. The van der Waals surface area contributed by atoms with Crippen molar-refractivity contribution in [2.75, 3.05) is 14.2 Å². The van der Waals surface area contributed by atoms with Crippen LogP contribution in [0.15, 0.2) is 63.9 Å². The lowest BCUT2D eigenvalue weighted by Gasteiger charge is -2.15. The fourth-order valence-corrected chi connectivity index (χ4v) is 3.95. The highest BCUT2D eigenvalue weighted by atomic mass is 32.2. The summed E-state index contributed by atoms with van der Waals surface area (Å²) in [6.07, 6.45) is -4.69. The van der Waals surface area contributed by atoms with Gasteiger partial charge in [-0.3, -0.25) is 0 Å². The quantitative estimate of drug-likeness (QED) is 0.304. The summed E-state index contributed by atoms with van der Waals surface area (Å²) in [7, 11) is -2.37. The van der Waals surface area contributed by atoms with Crippen LogP contribution in [0.3, 0.4) is 0 Å². The third kappa shape index (κ3) is 5.01. The number of carbonyl (C=O) groups is 2. The van der Waals surface area contributed by atoms with Crippen LogP contribution in [0.2, 0.25) is 0 Å². The molecular formula is C22H15F3NO7S-. The lowest BCUT2D eigenvalue weighted by molar-refractivity contribution is -0.212. The third-order valence-corrected chi connectivity index (χ3v) is 5.98.